The lowest BCUT2D eigenvalue weighted by Crippen LogP contribution is -2.18. The molecule has 1 rings (SSSR count). The minimum Gasteiger partial charge on any atom is -0.325 e. The molecule has 1 aromatic carbocycles. The van der Waals surface area contributed by atoms with Gasteiger partial charge in [0.1, 0.15) is 5.82 Å². The van der Waals surface area contributed by atoms with E-state index in [4.69, 9.17) is 0 Å². The van der Waals surface area contributed by atoms with E-state index in [1.165, 1.54) is 13.0 Å². The minimum absolute atomic E-state index is 0.0265. The van der Waals surface area contributed by atoms with Crippen molar-refractivity contribution in [2.75, 3.05) is 15.8 Å². The molecule has 0 spiro atoms. The monoisotopic (exact) mass is 274 g/mol. The lowest BCUT2D eigenvalue weighted by molar-refractivity contribution is -0.114. The first-order valence-electron chi connectivity index (χ1n) is 5.41. The number of carbonyl (C=O) groups is 1. The molecular weight excluding hydrogens is 259 g/mol. The Morgan fingerprint density at radius 3 is 2.56 bits per heavy atom. The fourth-order valence-corrected chi connectivity index (χ4v) is 2.53. The second kappa shape index (κ2) is 5.81. The fourth-order valence-electron chi connectivity index (χ4n) is 1.39. The summed E-state index contributed by atoms with van der Waals surface area (Å²) in [5.74, 6) is -1.01. The number of hydrogen-bond donors (Lipinski definition) is 2. The van der Waals surface area contributed by atoms with E-state index in [1.807, 2.05) is 0 Å². The largest absolute Gasteiger partial charge is 0.325 e. The van der Waals surface area contributed by atoms with Gasteiger partial charge in [-0.15, -0.1) is 0 Å². The molecule has 0 aliphatic rings. The van der Waals surface area contributed by atoms with Gasteiger partial charge in [-0.1, -0.05) is 6.92 Å². The molecule has 1 amide bonds. The first-order valence-corrected chi connectivity index (χ1v) is 7.07. The number of halogens is 1. The highest BCUT2D eigenvalue weighted by atomic mass is 32.2. The molecule has 0 radical (unpaired) electrons. The molecule has 1 aromatic rings. The van der Waals surface area contributed by atoms with E-state index < -0.39 is 15.8 Å². The number of sulfonamides is 1. The Morgan fingerprint density at radius 1 is 1.33 bits per heavy atom. The molecule has 0 unspecified atom stereocenters. The van der Waals surface area contributed by atoms with E-state index in [2.05, 4.69) is 10.0 Å². The van der Waals surface area contributed by atoms with Crippen LogP contribution in [-0.2, 0) is 14.8 Å². The fraction of sp³-hybridized carbons (Fsp3) is 0.364. The van der Waals surface area contributed by atoms with E-state index >= 15 is 0 Å². The predicted molar refractivity (Wildman–Crippen MR) is 68.4 cm³/mol. The quantitative estimate of drug-likeness (QED) is 0.861. The molecule has 100 valence electrons. The number of nitrogens with one attached hydrogen (secondary N) is 2. The zero-order valence-electron chi connectivity index (χ0n) is 10.2. The normalized spacial score (nSPS) is 11.1. The number of amides is 1. The summed E-state index contributed by atoms with van der Waals surface area (Å²) >= 11 is 0. The average Bonchev–Trinajstić information content (AvgIpc) is 2.20. The molecule has 0 heterocycles. The second-order valence-electron chi connectivity index (χ2n) is 3.79. The summed E-state index contributed by atoms with van der Waals surface area (Å²) in [6, 6.07) is 3.47. The topological polar surface area (TPSA) is 75.3 Å². The third kappa shape index (κ3) is 4.33. The molecule has 0 bridgehead atoms. The van der Waals surface area contributed by atoms with Gasteiger partial charge in [0.2, 0.25) is 15.9 Å². The van der Waals surface area contributed by atoms with Crippen molar-refractivity contribution in [2.45, 2.75) is 20.3 Å². The Bertz CT molecular complexity index is 543. The van der Waals surface area contributed by atoms with Gasteiger partial charge in [0, 0.05) is 13.0 Å². The van der Waals surface area contributed by atoms with Gasteiger partial charge in [0.25, 0.3) is 0 Å². The highest BCUT2D eigenvalue weighted by molar-refractivity contribution is 7.92. The van der Waals surface area contributed by atoms with Gasteiger partial charge in [-0.05, 0) is 18.6 Å². The first kappa shape index (κ1) is 14.4. The maximum Gasteiger partial charge on any atom is 0.232 e. The van der Waals surface area contributed by atoms with Crippen LogP contribution in [0.5, 0.6) is 0 Å². The summed E-state index contributed by atoms with van der Waals surface area (Å²) in [5, 5.41) is 2.43. The van der Waals surface area contributed by atoms with Crippen LogP contribution in [0.25, 0.3) is 0 Å². The number of rotatable bonds is 5. The molecule has 0 aliphatic heterocycles. The van der Waals surface area contributed by atoms with Crippen LogP contribution in [0.1, 0.15) is 20.3 Å². The van der Waals surface area contributed by atoms with Gasteiger partial charge in [-0.25, -0.2) is 12.8 Å². The average molecular weight is 274 g/mol. The summed E-state index contributed by atoms with van der Waals surface area (Å²) in [6.45, 7) is 3.01. The van der Waals surface area contributed by atoms with Gasteiger partial charge in [-0.2, -0.15) is 0 Å². The third-order valence-electron chi connectivity index (χ3n) is 2.03. The van der Waals surface area contributed by atoms with Crippen molar-refractivity contribution in [2.24, 2.45) is 0 Å². The SMILES string of the molecule is CCCS(=O)(=O)Nc1cc(F)ccc1NC(C)=O. The van der Waals surface area contributed by atoms with Crippen molar-refractivity contribution in [1.82, 2.24) is 0 Å². The van der Waals surface area contributed by atoms with Crippen molar-refractivity contribution in [3.8, 4) is 0 Å². The Hall–Kier alpha value is -1.63. The van der Waals surface area contributed by atoms with E-state index in [9.17, 15) is 17.6 Å². The Labute approximate surface area is 105 Å². The van der Waals surface area contributed by atoms with Crippen LogP contribution < -0.4 is 10.0 Å². The van der Waals surface area contributed by atoms with Gasteiger partial charge in [0.05, 0.1) is 17.1 Å². The molecule has 5 nitrogen and oxygen atoms in total. The van der Waals surface area contributed by atoms with Gasteiger partial charge < -0.3 is 5.32 Å². The van der Waals surface area contributed by atoms with Crippen molar-refractivity contribution < 1.29 is 17.6 Å². The van der Waals surface area contributed by atoms with E-state index in [-0.39, 0.29) is 23.0 Å². The molecular formula is C11H15FN2O3S. The molecule has 0 saturated carbocycles. The van der Waals surface area contributed by atoms with Crippen LogP contribution in [0, 0.1) is 5.82 Å². The smallest absolute Gasteiger partial charge is 0.232 e. The van der Waals surface area contributed by atoms with E-state index in [0.29, 0.717) is 6.42 Å². The number of anilines is 2. The zero-order valence-corrected chi connectivity index (χ0v) is 11.0. The maximum absolute atomic E-state index is 13.1. The summed E-state index contributed by atoms with van der Waals surface area (Å²) in [6.07, 6.45) is 0.445. The number of carbonyl (C=O) groups excluding carboxylic acids is 1. The highest BCUT2D eigenvalue weighted by Gasteiger charge is 2.13. The summed E-state index contributed by atoms with van der Waals surface area (Å²) < 4.78 is 38.6. The lowest BCUT2D eigenvalue weighted by Gasteiger charge is -2.12. The molecule has 0 aliphatic carbocycles. The van der Waals surface area contributed by atoms with E-state index in [0.717, 1.165) is 12.1 Å². The Morgan fingerprint density at radius 2 is 2.00 bits per heavy atom. The van der Waals surface area contributed by atoms with Crippen molar-refractivity contribution >= 4 is 27.3 Å². The molecule has 18 heavy (non-hydrogen) atoms. The summed E-state index contributed by atoms with van der Waals surface area (Å²) in [7, 11) is -3.53. The molecule has 7 heteroatoms. The third-order valence-corrected chi connectivity index (χ3v) is 3.51. The van der Waals surface area contributed by atoms with Crippen LogP contribution in [0.3, 0.4) is 0 Å². The Kier molecular flexibility index (Phi) is 4.66. The maximum atomic E-state index is 13.1. The van der Waals surface area contributed by atoms with Crippen LogP contribution in [-0.4, -0.2) is 20.1 Å². The number of hydrogen-bond acceptors (Lipinski definition) is 3. The van der Waals surface area contributed by atoms with Crippen molar-refractivity contribution in [1.29, 1.82) is 0 Å². The number of benzene rings is 1. The molecule has 0 saturated heterocycles. The standard InChI is InChI=1S/C11H15FN2O3S/c1-3-6-18(16,17)14-11-7-9(12)4-5-10(11)13-8(2)15/h4-5,7,14H,3,6H2,1-2H3,(H,13,15). The zero-order chi connectivity index (χ0) is 13.8. The van der Waals surface area contributed by atoms with Gasteiger partial charge >= 0.3 is 0 Å². The second-order valence-corrected chi connectivity index (χ2v) is 5.63. The van der Waals surface area contributed by atoms with E-state index in [1.54, 1.807) is 6.92 Å². The molecule has 0 fully saturated rings. The minimum atomic E-state index is -3.53. The first-order chi connectivity index (χ1) is 8.34. The van der Waals surface area contributed by atoms with Crippen LogP contribution >= 0.6 is 0 Å². The van der Waals surface area contributed by atoms with Crippen molar-refractivity contribution in [3.63, 3.8) is 0 Å². The van der Waals surface area contributed by atoms with Crippen molar-refractivity contribution in [3.05, 3.63) is 24.0 Å². The van der Waals surface area contributed by atoms with Crippen LogP contribution in [0.15, 0.2) is 18.2 Å². The summed E-state index contributed by atoms with van der Waals surface area (Å²) in [4.78, 5) is 11.0. The molecule has 0 aromatic heterocycles. The van der Waals surface area contributed by atoms with Gasteiger partial charge in [-0.3, -0.25) is 9.52 Å². The molecule has 0 atom stereocenters. The lowest BCUT2D eigenvalue weighted by atomic mass is 10.2. The van der Waals surface area contributed by atoms with Gasteiger partial charge in [0.15, 0.2) is 0 Å². The van der Waals surface area contributed by atoms with Crippen LogP contribution in [0.2, 0.25) is 0 Å². The predicted octanol–water partition coefficient (Wildman–Crippen LogP) is 1.94. The Balaban J connectivity index is 3.06. The highest BCUT2D eigenvalue weighted by Crippen LogP contribution is 2.24. The van der Waals surface area contributed by atoms with Crippen LogP contribution in [0.4, 0.5) is 15.8 Å². The molecule has 2 N–H and O–H groups in total. The summed E-state index contributed by atoms with van der Waals surface area (Å²) in [5.41, 5.74) is 0.252.